The summed E-state index contributed by atoms with van der Waals surface area (Å²) < 4.78 is 4.41. The van der Waals surface area contributed by atoms with E-state index in [1.165, 1.54) is 79.8 Å². The zero-order valence-corrected chi connectivity index (χ0v) is 22.6. The van der Waals surface area contributed by atoms with Crippen molar-refractivity contribution >= 4 is 58.8 Å². The maximum atomic E-state index is 3.82. The van der Waals surface area contributed by atoms with Crippen LogP contribution >= 0.6 is 38.6 Å². The molecular weight excluding hydrogens is 468 g/mol. The molecule has 2 unspecified atom stereocenters. The fourth-order valence-electron chi connectivity index (χ4n) is 5.03. The first-order valence-electron chi connectivity index (χ1n) is 12.2. The lowest BCUT2D eigenvalue weighted by Crippen LogP contribution is -2.03. The number of aryl methyl sites for hydroxylation is 2. The van der Waals surface area contributed by atoms with Crippen molar-refractivity contribution in [2.75, 3.05) is 0 Å². The minimum atomic E-state index is 0.866. The molecule has 2 aromatic heterocycles. The summed E-state index contributed by atoms with van der Waals surface area (Å²) in [6.45, 7) is 9.38. The van der Waals surface area contributed by atoms with Gasteiger partial charge in [-0.15, -0.1) is 22.7 Å². The van der Waals surface area contributed by atoms with Gasteiger partial charge in [0.2, 0.25) is 0 Å². The number of fused-ring (bicyclic) bond motifs is 2. The zero-order chi connectivity index (χ0) is 21.5. The van der Waals surface area contributed by atoms with E-state index in [9.17, 15) is 0 Å². The van der Waals surface area contributed by atoms with E-state index in [0.717, 1.165) is 11.8 Å². The number of rotatable bonds is 13. The summed E-state index contributed by atoms with van der Waals surface area (Å²) in [5, 5.41) is 5.41. The standard InChI is InChI=1S/C27H39BrS2/c1-5-9-11-20(8-4)13-14-21-23-16-17-29-26(23)22(15-12-19(7-3)10-6-2)24-18-25(28)30-27(21)24/h16-20H,5-15H2,1-4H3. The second kappa shape index (κ2) is 12.0. The molecule has 0 spiro atoms. The van der Waals surface area contributed by atoms with E-state index in [0.29, 0.717) is 0 Å². The molecule has 3 rings (SSSR count). The van der Waals surface area contributed by atoms with Crippen molar-refractivity contribution < 1.29 is 0 Å². The molecule has 0 nitrogen and oxygen atoms in total. The number of unbranched alkanes of at least 4 members (excludes halogenated alkanes) is 1. The van der Waals surface area contributed by atoms with Crippen LogP contribution < -0.4 is 0 Å². The Hall–Kier alpha value is -0.380. The van der Waals surface area contributed by atoms with Gasteiger partial charge in [-0.3, -0.25) is 0 Å². The fourth-order valence-corrected chi connectivity index (χ4v) is 7.76. The van der Waals surface area contributed by atoms with E-state index >= 15 is 0 Å². The van der Waals surface area contributed by atoms with Gasteiger partial charge in [0, 0.05) is 9.40 Å². The molecule has 0 fully saturated rings. The van der Waals surface area contributed by atoms with E-state index in [-0.39, 0.29) is 0 Å². The van der Waals surface area contributed by atoms with Crippen LogP contribution in [0, 0.1) is 11.8 Å². The summed E-state index contributed by atoms with van der Waals surface area (Å²) in [5.74, 6) is 1.74. The van der Waals surface area contributed by atoms with Crippen LogP contribution in [0.5, 0.6) is 0 Å². The third-order valence-corrected chi connectivity index (χ3v) is 9.66. The summed E-state index contributed by atoms with van der Waals surface area (Å²) in [7, 11) is 0. The maximum Gasteiger partial charge on any atom is 0.0711 e. The van der Waals surface area contributed by atoms with Gasteiger partial charge < -0.3 is 0 Å². The van der Waals surface area contributed by atoms with Gasteiger partial charge in [-0.25, -0.2) is 0 Å². The third-order valence-electron chi connectivity index (χ3n) is 6.99. The third kappa shape index (κ3) is 5.70. The lowest BCUT2D eigenvalue weighted by atomic mass is 9.88. The van der Waals surface area contributed by atoms with Crippen LogP contribution in [0.4, 0.5) is 0 Å². The highest BCUT2D eigenvalue weighted by molar-refractivity contribution is 9.11. The molecule has 166 valence electrons. The lowest BCUT2D eigenvalue weighted by molar-refractivity contribution is 0.423. The molecule has 30 heavy (non-hydrogen) atoms. The van der Waals surface area contributed by atoms with Crippen molar-refractivity contribution in [3.8, 4) is 0 Å². The van der Waals surface area contributed by atoms with Gasteiger partial charge in [0.05, 0.1) is 3.79 Å². The topological polar surface area (TPSA) is 0 Å². The Morgan fingerprint density at radius 3 is 2.10 bits per heavy atom. The van der Waals surface area contributed by atoms with Gasteiger partial charge >= 0.3 is 0 Å². The first-order valence-corrected chi connectivity index (χ1v) is 14.7. The molecule has 0 aliphatic carbocycles. The summed E-state index contributed by atoms with van der Waals surface area (Å²) >= 11 is 7.75. The van der Waals surface area contributed by atoms with Crippen molar-refractivity contribution in [1.82, 2.24) is 0 Å². The van der Waals surface area contributed by atoms with Crippen molar-refractivity contribution in [2.24, 2.45) is 11.8 Å². The lowest BCUT2D eigenvalue weighted by Gasteiger charge is -2.18. The summed E-state index contributed by atoms with van der Waals surface area (Å²) in [5.41, 5.74) is 3.24. The van der Waals surface area contributed by atoms with Crippen molar-refractivity contribution in [3.63, 3.8) is 0 Å². The van der Waals surface area contributed by atoms with Crippen LogP contribution in [0.2, 0.25) is 0 Å². The van der Waals surface area contributed by atoms with E-state index in [1.807, 2.05) is 22.7 Å². The predicted molar refractivity (Wildman–Crippen MR) is 144 cm³/mol. The quantitative estimate of drug-likeness (QED) is 0.216. The van der Waals surface area contributed by atoms with Crippen molar-refractivity contribution in [2.45, 2.75) is 98.3 Å². The van der Waals surface area contributed by atoms with Gasteiger partial charge in [0.15, 0.2) is 0 Å². The highest BCUT2D eigenvalue weighted by Gasteiger charge is 2.19. The molecule has 0 saturated heterocycles. The molecule has 0 saturated carbocycles. The van der Waals surface area contributed by atoms with Crippen LogP contribution in [0.3, 0.4) is 0 Å². The molecule has 2 atom stereocenters. The summed E-state index contributed by atoms with van der Waals surface area (Å²) in [6.07, 6.45) is 14.5. The fraction of sp³-hybridized carbons (Fsp3) is 0.630. The number of hydrogen-bond donors (Lipinski definition) is 0. The maximum absolute atomic E-state index is 3.82. The Morgan fingerprint density at radius 1 is 0.800 bits per heavy atom. The van der Waals surface area contributed by atoms with Crippen LogP contribution in [-0.4, -0.2) is 0 Å². The van der Waals surface area contributed by atoms with Crippen LogP contribution in [0.25, 0.3) is 20.2 Å². The smallest absolute Gasteiger partial charge is 0.0711 e. The van der Waals surface area contributed by atoms with E-state index < -0.39 is 0 Å². The van der Waals surface area contributed by atoms with E-state index in [4.69, 9.17) is 0 Å². The van der Waals surface area contributed by atoms with Crippen molar-refractivity contribution in [3.05, 3.63) is 32.4 Å². The molecule has 0 N–H and O–H groups in total. The average Bonchev–Trinajstić information content (AvgIpc) is 3.38. The Labute approximate surface area is 200 Å². The molecular formula is C27H39BrS2. The van der Waals surface area contributed by atoms with Gasteiger partial charge in [0.25, 0.3) is 0 Å². The number of hydrogen-bond acceptors (Lipinski definition) is 2. The minimum Gasteiger partial charge on any atom is -0.143 e. The van der Waals surface area contributed by atoms with E-state index in [1.54, 1.807) is 25.9 Å². The molecule has 3 aromatic rings. The van der Waals surface area contributed by atoms with Crippen molar-refractivity contribution in [1.29, 1.82) is 0 Å². The Bertz CT molecular complexity index is 920. The summed E-state index contributed by atoms with van der Waals surface area (Å²) in [4.78, 5) is 0. The van der Waals surface area contributed by atoms with E-state index in [2.05, 4.69) is 61.1 Å². The van der Waals surface area contributed by atoms with Crippen LogP contribution in [0.15, 0.2) is 21.3 Å². The molecule has 0 amide bonds. The molecule has 0 aliphatic rings. The highest BCUT2D eigenvalue weighted by Crippen LogP contribution is 2.43. The number of benzene rings is 1. The summed E-state index contributed by atoms with van der Waals surface area (Å²) in [6, 6.07) is 4.81. The first kappa shape index (κ1) is 24.3. The molecule has 3 heteroatoms. The normalized spacial score (nSPS) is 14.0. The van der Waals surface area contributed by atoms with Gasteiger partial charge in [0.1, 0.15) is 0 Å². The first-order chi connectivity index (χ1) is 14.6. The Morgan fingerprint density at radius 2 is 1.47 bits per heavy atom. The Balaban J connectivity index is 1.94. The van der Waals surface area contributed by atoms with Gasteiger partial charge in [-0.05, 0) is 92.9 Å². The number of thiophene rings is 2. The predicted octanol–water partition coefficient (Wildman–Crippen LogP) is 10.8. The van der Waals surface area contributed by atoms with Gasteiger partial charge in [-0.2, -0.15) is 0 Å². The van der Waals surface area contributed by atoms with Crippen LogP contribution in [0.1, 0.15) is 96.6 Å². The monoisotopic (exact) mass is 506 g/mol. The number of halogens is 1. The minimum absolute atomic E-state index is 0.866. The molecule has 0 bridgehead atoms. The average molecular weight is 508 g/mol. The molecule has 0 aliphatic heterocycles. The Kier molecular flexibility index (Phi) is 9.72. The highest BCUT2D eigenvalue weighted by atomic mass is 79.9. The largest absolute Gasteiger partial charge is 0.143 e. The second-order valence-electron chi connectivity index (χ2n) is 8.97. The molecule has 1 aromatic carbocycles. The SMILES string of the molecule is CCCCC(CC)CCc1c2ccsc2c(CCC(CC)CCC)c2cc(Br)sc12. The van der Waals surface area contributed by atoms with Gasteiger partial charge in [-0.1, -0.05) is 72.6 Å². The second-order valence-corrected chi connectivity index (χ2v) is 12.3. The zero-order valence-electron chi connectivity index (χ0n) is 19.4. The molecule has 2 heterocycles. The van der Waals surface area contributed by atoms with Crippen LogP contribution in [-0.2, 0) is 12.8 Å². The molecule has 0 radical (unpaired) electrons.